The van der Waals surface area contributed by atoms with Crippen molar-refractivity contribution >= 4 is 0 Å². The quantitative estimate of drug-likeness (QED) is 0.845. The summed E-state index contributed by atoms with van der Waals surface area (Å²) < 4.78 is 5.86. The molecule has 2 heteroatoms. The van der Waals surface area contributed by atoms with E-state index in [1.54, 1.807) is 0 Å². The summed E-state index contributed by atoms with van der Waals surface area (Å²) in [5, 5.41) is 9.16. The fraction of sp³-hybridized carbons (Fsp3) is 0.571. The molecule has 0 saturated heterocycles. The second kappa shape index (κ2) is 5.35. The molecule has 0 unspecified atom stereocenters. The Morgan fingerprint density at radius 2 is 2.31 bits per heavy atom. The van der Waals surface area contributed by atoms with Gasteiger partial charge in [-0.15, -0.1) is 0 Å². The second-order valence-electron chi connectivity index (χ2n) is 4.47. The number of hydrogen-bond donors (Lipinski definition) is 1. The van der Waals surface area contributed by atoms with E-state index in [1.165, 1.54) is 24.0 Å². The summed E-state index contributed by atoms with van der Waals surface area (Å²) in [5.41, 5.74) is 2.61. The predicted molar refractivity (Wildman–Crippen MR) is 64.9 cm³/mol. The Bertz CT molecular complexity index is 347. The summed E-state index contributed by atoms with van der Waals surface area (Å²) in [5.74, 6) is 1.04. The molecule has 1 aliphatic rings. The lowest BCUT2D eigenvalue weighted by Crippen LogP contribution is -2.26. The molecule has 1 aromatic carbocycles. The Morgan fingerprint density at radius 1 is 1.44 bits per heavy atom. The number of hydrogen-bond acceptors (Lipinski definition) is 2. The summed E-state index contributed by atoms with van der Waals surface area (Å²) in [6.45, 7) is 2.33. The minimum atomic E-state index is -0.00437. The van der Waals surface area contributed by atoms with Gasteiger partial charge in [0.25, 0.3) is 0 Å². The van der Waals surface area contributed by atoms with Gasteiger partial charge < -0.3 is 9.84 Å². The van der Waals surface area contributed by atoms with E-state index in [4.69, 9.17) is 9.84 Å². The van der Waals surface area contributed by atoms with Crippen molar-refractivity contribution in [3.8, 4) is 5.75 Å². The van der Waals surface area contributed by atoms with Crippen molar-refractivity contribution in [2.45, 2.75) is 45.1 Å². The van der Waals surface area contributed by atoms with Gasteiger partial charge in [0.15, 0.2) is 0 Å². The Labute approximate surface area is 97.3 Å². The first kappa shape index (κ1) is 11.5. The standard InChI is InChI=1S/C14H20O2/c1-2-3-5-11-6-4-7-12-8-9-13(10-15)16-14(11)12/h4,6-7,13,15H,2-3,5,8-10H2,1H3/t13-/m1/s1. The second-order valence-corrected chi connectivity index (χ2v) is 4.47. The van der Waals surface area contributed by atoms with Crippen LogP contribution in [0.2, 0.25) is 0 Å². The van der Waals surface area contributed by atoms with Gasteiger partial charge >= 0.3 is 0 Å². The van der Waals surface area contributed by atoms with Crippen LogP contribution in [0.3, 0.4) is 0 Å². The number of para-hydroxylation sites is 1. The van der Waals surface area contributed by atoms with Gasteiger partial charge in [-0.05, 0) is 36.8 Å². The van der Waals surface area contributed by atoms with E-state index in [9.17, 15) is 0 Å². The molecule has 2 rings (SSSR count). The van der Waals surface area contributed by atoms with Crippen molar-refractivity contribution in [1.82, 2.24) is 0 Å². The Balaban J connectivity index is 2.20. The molecular formula is C14H20O2. The lowest BCUT2D eigenvalue weighted by atomic mass is 9.97. The van der Waals surface area contributed by atoms with E-state index in [0.29, 0.717) is 0 Å². The number of rotatable bonds is 4. The Morgan fingerprint density at radius 3 is 3.06 bits per heavy atom. The molecule has 88 valence electrons. The van der Waals surface area contributed by atoms with Crippen molar-refractivity contribution < 1.29 is 9.84 Å². The van der Waals surface area contributed by atoms with Crippen LogP contribution in [-0.4, -0.2) is 17.8 Å². The minimum Gasteiger partial charge on any atom is -0.487 e. The van der Waals surface area contributed by atoms with Gasteiger partial charge in [-0.25, -0.2) is 0 Å². The maximum atomic E-state index is 9.16. The fourth-order valence-corrected chi connectivity index (χ4v) is 2.22. The molecule has 1 aliphatic heterocycles. The summed E-state index contributed by atoms with van der Waals surface area (Å²) in [6, 6.07) is 6.40. The van der Waals surface area contributed by atoms with Crippen molar-refractivity contribution in [2.75, 3.05) is 6.61 Å². The van der Waals surface area contributed by atoms with Crippen molar-refractivity contribution in [1.29, 1.82) is 0 Å². The van der Waals surface area contributed by atoms with Gasteiger partial charge in [-0.2, -0.15) is 0 Å². The van der Waals surface area contributed by atoms with Crippen LogP contribution in [0.5, 0.6) is 5.75 Å². The average Bonchev–Trinajstić information content (AvgIpc) is 2.35. The first-order chi connectivity index (χ1) is 7.85. The van der Waals surface area contributed by atoms with E-state index < -0.39 is 0 Å². The molecule has 0 aliphatic carbocycles. The molecule has 1 N–H and O–H groups in total. The topological polar surface area (TPSA) is 29.5 Å². The third-order valence-corrected chi connectivity index (χ3v) is 3.20. The number of aliphatic hydroxyl groups is 1. The predicted octanol–water partition coefficient (Wildman–Crippen LogP) is 2.72. The van der Waals surface area contributed by atoms with Crippen LogP contribution in [0, 0.1) is 0 Å². The van der Waals surface area contributed by atoms with Crippen LogP contribution in [0.15, 0.2) is 18.2 Å². The highest BCUT2D eigenvalue weighted by atomic mass is 16.5. The molecule has 0 aromatic heterocycles. The van der Waals surface area contributed by atoms with Crippen molar-refractivity contribution in [3.05, 3.63) is 29.3 Å². The molecule has 1 aromatic rings. The average molecular weight is 220 g/mol. The van der Waals surface area contributed by atoms with Gasteiger partial charge in [-0.3, -0.25) is 0 Å². The van der Waals surface area contributed by atoms with Gasteiger partial charge in [0, 0.05) is 0 Å². The molecule has 0 bridgehead atoms. The molecule has 0 saturated carbocycles. The zero-order chi connectivity index (χ0) is 11.4. The molecular weight excluding hydrogens is 200 g/mol. The van der Waals surface area contributed by atoms with E-state index in [0.717, 1.165) is 25.0 Å². The molecule has 16 heavy (non-hydrogen) atoms. The fourth-order valence-electron chi connectivity index (χ4n) is 2.22. The molecule has 0 radical (unpaired) electrons. The number of fused-ring (bicyclic) bond motifs is 1. The van der Waals surface area contributed by atoms with Crippen molar-refractivity contribution in [3.63, 3.8) is 0 Å². The number of aliphatic hydroxyl groups excluding tert-OH is 1. The Kier molecular flexibility index (Phi) is 3.83. The minimum absolute atomic E-state index is 0.00437. The summed E-state index contributed by atoms with van der Waals surface area (Å²) in [7, 11) is 0. The van der Waals surface area contributed by atoms with Crippen molar-refractivity contribution in [2.24, 2.45) is 0 Å². The number of aryl methyl sites for hydroxylation is 2. The number of ether oxygens (including phenoxy) is 1. The van der Waals surface area contributed by atoms with E-state index in [2.05, 4.69) is 25.1 Å². The highest BCUT2D eigenvalue weighted by Gasteiger charge is 2.20. The van der Waals surface area contributed by atoms with E-state index >= 15 is 0 Å². The van der Waals surface area contributed by atoms with Crippen LogP contribution in [0.4, 0.5) is 0 Å². The Hall–Kier alpha value is -1.02. The molecule has 2 nitrogen and oxygen atoms in total. The maximum absolute atomic E-state index is 9.16. The molecule has 1 heterocycles. The third-order valence-electron chi connectivity index (χ3n) is 3.20. The largest absolute Gasteiger partial charge is 0.487 e. The lowest BCUT2D eigenvalue weighted by Gasteiger charge is -2.26. The summed E-state index contributed by atoms with van der Waals surface area (Å²) in [6.07, 6.45) is 5.44. The zero-order valence-electron chi connectivity index (χ0n) is 9.91. The van der Waals surface area contributed by atoms with E-state index in [1.807, 2.05) is 0 Å². The molecule has 1 atom stereocenters. The highest BCUT2D eigenvalue weighted by Crippen LogP contribution is 2.32. The van der Waals surface area contributed by atoms with Crippen LogP contribution in [0.25, 0.3) is 0 Å². The lowest BCUT2D eigenvalue weighted by molar-refractivity contribution is 0.0967. The first-order valence-electron chi connectivity index (χ1n) is 6.23. The summed E-state index contributed by atoms with van der Waals surface area (Å²) >= 11 is 0. The van der Waals surface area contributed by atoms with Gasteiger partial charge in [0.1, 0.15) is 11.9 Å². The smallest absolute Gasteiger partial charge is 0.126 e. The third kappa shape index (κ3) is 2.38. The highest BCUT2D eigenvalue weighted by molar-refractivity contribution is 5.43. The maximum Gasteiger partial charge on any atom is 0.126 e. The first-order valence-corrected chi connectivity index (χ1v) is 6.23. The van der Waals surface area contributed by atoms with Gasteiger partial charge in [0.2, 0.25) is 0 Å². The monoisotopic (exact) mass is 220 g/mol. The van der Waals surface area contributed by atoms with Gasteiger partial charge in [-0.1, -0.05) is 31.5 Å². The van der Waals surface area contributed by atoms with Crippen LogP contribution in [-0.2, 0) is 12.8 Å². The molecule has 0 spiro atoms. The number of unbranched alkanes of at least 4 members (excludes halogenated alkanes) is 1. The SMILES string of the molecule is CCCCc1cccc2c1O[C@@H](CO)CC2. The van der Waals surface area contributed by atoms with Gasteiger partial charge in [0.05, 0.1) is 6.61 Å². The number of benzene rings is 1. The van der Waals surface area contributed by atoms with E-state index in [-0.39, 0.29) is 12.7 Å². The van der Waals surface area contributed by atoms with Crippen LogP contribution < -0.4 is 4.74 Å². The van der Waals surface area contributed by atoms with Crippen LogP contribution >= 0.6 is 0 Å². The molecule has 0 amide bonds. The normalized spacial score (nSPS) is 19.0. The summed E-state index contributed by atoms with van der Waals surface area (Å²) in [4.78, 5) is 0. The van der Waals surface area contributed by atoms with Crippen LogP contribution in [0.1, 0.15) is 37.3 Å². The zero-order valence-corrected chi connectivity index (χ0v) is 9.91. The molecule has 0 fully saturated rings.